The molecule has 1 aromatic heterocycles. The van der Waals surface area contributed by atoms with Gasteiger partial charge in [0, 0.05) is 13.1 Å². The number of nitrogens with zero attached hydrogens (tertiary/aromatic N) is 5. The van der Waals surface area contributed by atoms with Crippen LogP contribution in [0.2, 0.25) is 0 Å². The first-order valence-corrected chi connectivity index (χ1v) is 6.83. The first-order chi connectivity index (χ1) is 9.24. The molecule has 0 saturated carbocycles. The van der Waals surface area contributed by atoms with Crippen LogP contribution in [0, 0.1) is 11.8 Å². The van der Waals surface area contributed by atoms with Crippen LogP contribution in [0.3, 0.4) is 0 Å². The van der Waals surface area contributed by atoms with Crippen molar-refractivity contribution in [3.63, 3.8) is 0 Å². The molecule has 1 saturated heterocycles. The summed E-state index contributed by atoms with van der Waals surface area (Å²) in [5, 5.41) is 12.2. The van der Waals surface area contributed by atoms with E-state index in [1.54, 1.807) is 0 Å². The maximum absolute atomic E-state index is 4.21. The van der Waals surface area contributed by atoms with Crippen molar-refractivity contribution in [1.29, 1.82) is 0 Å². The van der Waals surface area contributed by atoms with Crippen LogP contribution < -0.4 is 4.90 Å². The molecule has 5 heteroatoms. The number of rotatable bonds is 2. The number of anilines is 1. The minimum atomic E-state index is 0.685. The van der Waals surface area contributed by atoms with Crippen molar-refractivity contribution in [3.8, 4) is 5.69 Å². The molecule has 2 atom stereocenters. The second-order valence-electron chi connectivity index (χ2n) is 5.58. The van der Waals surface area contributed by atoms with E-state index in [0.29, 0.717) is 11.8 Å². The molecule has 0 radical (unpaired) electrons. The van der Waals surface area contributed by atoms with Gasteiger partial charge < -0.3 is 4.90 Å². The van der Waals surface area contributed by atoms with Gasteiger partial charge in [-0.3, -0.25) is 0 Å². The standard InChI is InChI=1S/C14H19N5/c1-11-8-12(2)10-18(9-11)14-15-16-17-19(14)13-6-4-3-5-7-13/h3-7,11-12H,8-10H2,1-2H3. The summed E-state index contributed by atoms with van der Waals surface area (Å²) < 4.78 is 1.82. The third-order valence-electron chi connectivity index (χ3n) is 3.61. The highest BCUT2D eigenvalue weighted by molar-refractivity contribution is 5.40. The van der Waals surface area contributed by atoms with Gasteiger partial charge in [-0.15, -0.1) is 0 Å². The Labute approximate surface area is 113 Å². The largest absolute Gasteiger partial charge is 0.339 e. The molecule has 19 heavy (non-hydrogen) atoms. The van der Waals surface area contributed by atoms with Crippen molar-refractivity contribution in [2.75, 3.05) is 18.0 Å². The summed E-state index contributed by atoms with van der Waals surface area (Å²) in [5.41, 5.74) is 1.01. The van der Waals surface area contributed by atoms with Gasteiger partial charge in [-0.2, -0.15) is 4.68 Å². The molecule has 0 aliphatic carbocycles. The monoisotopic (exact) mass is 257 g/mol. The molecule has 100 valence electrons. The van der Waals surface area contributed by atoms with Crippen LogP contribution in [0.1, 0.15) is 20.3 Å². The SMILES string of the molecule is CC1CC(C)CN(c2nnnn2-c2ccccc2)C1. The van der Waals surface area contributed by atoms with Gasteiger partial charge in [-0.1, -0.05) is 37.1 Å². The van der Waals surface area contributed by atoms with Crippen LogP contribution in [0.15, 0.2) is 30.3 Å². The lowest BCUT2D eigenvalue weighted by molar-refractivity contribution is 0.352. The van der Waals surface area contributed by atoms with Crippen LogP contribution in [0.4, 0.5) is 5.95 Å². The van der Waals surface area contributed by atoms with Crippen LogP contribution in [-0.4, -0.2) is 33.3 Å². The van der Waals surface area contributed by atoms with Gasteiger partial charge in [-0.25, -0.2) is 0 Å². The predicted molar refractivity (Wildman–Crippen MR) is 74.3 cm³/mol. The Morgan fingerprint density at radius 2 is 1.74 bits per heavy atom. The maximum Gasteiger partial charge on any atom is 0.250 e. The molecule has 1 fully saturated rings. The third kappa shape index (κ3) is 2.45. The highest BCUT2D eigenvalue weighted by Crippen LogP contribution is 2.25. The van der Waals surface area contributed by atoms with E-state index in [9.17, 15) is 0 Å². The fourth-order valence-electron chi connectivity index (χ4n) is 2.94. The van der Waals surface area contributed by atoms with E-state index in [2.05, 4.69) is 34.3 Å². The lowest BCUT2D eigenvalue weighted by Crippen LogP contribution is -2.40. The van der Waals surface area contributed by atoms with E-state index >= 15 is 0 Å². The van der Waals surface area contributed by atoms with E-state index in [-0.39, 0.29) is 0 Å². The predicted octanol–water partition coefficient (Wildman–Crippen LogP) is 2.14. The summed E-state index contributed by atoms with van der Waals surface area (Å²) in [7, 11) is 0. The fraction of sp³-hybridized carbons (Fsp3) is 0.500. The molecule has 2 unspecified atom stereocenters. The smallest absolute Gasteiger partial charge is 0.250 e. The number of tetrazole rings is 1. The molecule has 2 aromatic rings. The van der Waals surface area contributed by atoms with Gasteiger partial charge in [0.25, 0.3) is 0 Å². The van der Waals surface area contributed by atoms with Crippen molar-refractivity contribution in [2.45, 2.75) is 20.3 Å². The van der Waals surface area contributed by atoms with E-state index in [4.69, 9.17) is 0 Å². The normalized spacial score (nSPS) is 23.6. The molecule has 1 aliphatic rings. The third-order valence-corrected chi connectivity index (χ3v) is 3.61. The molecule has 0 amide bonds. The molecule has 1 aromatic carbocycles. The van der Waals surface area contributed by atoms with Crippen molar-refractivity contribution >= 4 is 5.95 Å². The Morgan fingerprint density at radius 1 is 1.05 bits per heavy atom. The maximum atomic E-state index is 4.21. The minimum Gasteiger partial charge on any atom is -0.339 e. The number of para-hydroxylation sites is 1. The summed E-state index contributed by atoms with van der Waals surface area (Å²) in [5.74, 6) is 2.22. The number of benzene rings is 1. The Hall–Kier alpha value is -1.91. The number of hydrogen-bond donors (Lipinski definition) is 0. The van der Waals surface area contributed by atoms with Crippen LogP contribution in [0.25, 0.3) is 5.69 Å². The van der Waals surface area contributed by atoms with Crippen molar-refractivity contribution in [3.05, 3.63) is 30.3 Å². The van der Waals surface area contributed by atoms with Crippen LogP contribution in [-0.2, 0) is 0 Å². The molecular formula is C14H19N5. The molecule has 3 rings (SSSR count). The van der Waals surface area contributed by atoms with Crippen molar-refractivity contribution in [1.82, 2.24) is 20.2 Å². The fourth-order valence-corrected chi connectivity index (χ4v) is 2.94. The number of hydrogen-bond acceptors (Lipinski definition) is 4. The second-order valence-corrected chi connectivity index (χ2v) is 5.58. The molecule has 0 bridgehead atoms. The first kappa shape index (κ1) is 12.1. The Bertz CT molecular complexity index is 526. The minimum absolute atomic E-state index is 0.685. The molecule has 1 aliphatic heterocycles. The zero-order valence-electron chi connectivity index (χ0n) is 11.4. The van der Waals surface area contributed by atoms with Gasteiger partial charge in [-0.05, 0) is 40.8 Å². The molecule has 5 nitrogen and oxygen atoms in total. The lowest BCUT2D eigenvalue weighted by atomic mass is 9.92. The topological polar surface area (TPSA) is 46.8 Å². The Kier molecular flexibility index (Phi) is 3.19. The van der Waals surface area contributed by atoms with Crippen LogP contribution >= 0.6 is 0 Å². The number of aromatic nitrogens is 4. The van der Waals surface area contributed by atoms with Gasteiger partial charge in [0.05, 0.1) is 5.69 Å². The molecule has 2 heterocycles. The highest BCUT2D eigenvalue weighted by atomic mass is 15.6. The highest BCUT2D eigenvalue weighted by Gasteiger charge is 2.25. The van der Waals surface area contributed by atoms with E-state index in [1.165, 1.54) is 6.42 Å². The van der Waals surface area contributed by atoms with Gasteiger partial charge in [0.2, 0.25) is 5.95 Å². The van der Waals surface area contributed by atoms with E-state index < -0.39 is 0 Å². The molecule has 0 spiro atoms. The summed E-state index contributed by atoms with van der Waals surface area (Å²) >= 11 is 0. The van der Waals surface area contributed by atoms with Gasteiger partial charge >= 0.3 is 0 Å². The zero-order valence-corrected chi connectivity index (χ0v) is 11.4. The summed E-state index contributed by atoms with van der Waals surface area (Å²) in [6.07, 6.45) is 1.28. The van der Waals surface area contributed by atoms with Gasteiger partial charge in [0.1, 0.15) is 0 Å². The van der Waals surface area contributed by atoms with Crippen LogP contribution in [0.5, 0.6) is 0 Å². The zero-order chi connectivity index (χ0) is 13.2. The van der Waals surface area contributed by atoms with E-state index in [1.807, 2.05) is 35.0 Å². The summed E-state index contributed by atoms with van der Waals surface area (Å²) in [6, 6.07) is 10.1. The average molecular weight is 257 g/mol. The summed E-state index contributed by atoms with van der Waals surface area (Å²) in [6.45, 7) is 6.63. The second kappa shape index (κ2) is 4.99. The van der Waals surface area contributed by atoms with Crippen molar-refractivity contribution < 1.29 is 0 Å². The summed E-state index contributed by atoms with van der Waals surface area (Å²) in [4.78, 5) is 2.30. The Morgan fingerprint density at radius 3 is 2.42 bits per heavy atom. The lowest BCUT2D eigenvalue weighted by Gasteiger charge is -2.35. The Balaban J connectivity index is 1.92. The number of piperidine rings is 1. The average Bonchev–Trinajstić information content (AvgIpc) is 2.88. The van der Waals surface area contributed by atoms with E-state index in [0.717, 1.165) is 24.7 Å². The van der Waals surface area contributed by atoms with Gasteiger partial charge in [0.15, 0.2) is 0 Å². The molecular weight excluding hydrogens is 238 g/mol. The first-order valence-electron chi connectivity index (χ1n) is 6.83. The van der Waals surface area contributed by atoms with Crippen molar-refractivity contribution in [2.24, 2.45) is 11.8 Å². The molecule has 0 N–H and O–H groups in total. The quantitative estimate of drug-likeness (QED) is 0.827.